The molecule has 2 saturated heterocycles. The van der Waals surface area contributed by atoms with Crippen LogP contribution < -0.4 is 10.1 Å². The van der Waals surface area contributed by atoms with E-state index in [4.69, 9.17) is 4.74 Å². The highest BCUT2D eigenvalue weighted by Crippen LogP contribution is 2.39. The first-order valence-corrected chi connectivity index (χ1v) is 13.8. The molecular formula is C30H29F2N7O. The first kappa shape index (κ1) is 24.8. The number of pyridine rings is 1. The number of H-pyrrole nitrogens is 1. The summed E-state index contributed by atoms with van der Waals surface area (Å²) in [6, 6.07) is 12.1. The quantitative estimate of drug-likeness (QED) is 0.268. The molecule has 0 bridgehead atoms. The van der Waals surface area contributed by atoms with Crippen molar-refractivity contribution in [3.8, 4) is 17.3 Å². The maximum atomic E-state index is 16.3. The van der Waals surface area contributed by atoms with Crippen LogP contribution in [0.3, 0.4) is 0 Å². The molecule has 2 aromatic carbocycles. The highest BCUT2D eigenvalue weighted by atomic mass is 19.1. The van der Waals surface area contributed by atoms with Gasteiger partial charge < -0.3 is 10.1 Å². The van der Waals surface area contributed by atoms with Crippen LogP contribution in [0.25, 0.3) is 32.9 Å². The van der Waals surface area contributed by atoms with Gasteiger partial charge in [0.05, 0.1) is 10.9 Å². The van der Waals surface area contributed by atoms with Gasteiger partial charge in [0.15, 0.2) is 5.82 Å². The molecule has 0 unspecified atom stereocenters. The fourth-order valence-corrected chi connectivity index (χ4v) is 6.32. The Morgan fingerprint density at radius 1 is 1.02 bits per heavy atom. The van der Waals surface area contributed by atoms with Crippen LogP contribution in [0.2, 0.25) is 0 Å². The molecular weight excluding hydrogens is 512 g/mol. The second kappa shape index (κ2) is 10.1. The minimum absolute atomic E-state index is 0.00500. The lowest BCUT2D eigenvalue weighted by molar-refractivity contribution is 0.108. The topological polar surface area (TPSA) is 91.9 Å². The van der Waals surface area contributed by atoms with Gasteiger partial charge in [0.2, 0.25) is 0 Å². The lowest BCUT2D eigenvalue weighted by Gasteiger charge is -2.31. The highest BCUT2D eigenvalue weighted by molar-refractivity contribution is 5.99. The second-order valence-electron chi connectivity index (χ2n) is 10.6. The summed E-state index contributed by atoms with van der Waals surface area (Å²) in [7, 11) is 0. The number of halogens is 2. The van der Waals surface area contributed by atoms with E-state index >= 15 is 4.39 Å². The number of rotatable bonds is 8. The average molecular weight is 542 g/mol. The van der Waals surface area contributed by atoms with Crippen molar-refractivity contribution in [3.05, 3.63) is 72.2 Å². The number of anilines is 1. The number of fused-ring (bicyclic) bond motifs is 3. The summed E-state index contributed by atoms with van der Waals surface area (Å²) in [6.45, 7) is 3.14. The average Bonchev–Trinajstić information content (AvgIpc) is 3.71. The van der Waals surface area contributed by atoms with Gasteiger partial charge >= 0.3 is 6.01 Å². The SMILES string of the molecule is Fc1c(-c2cccc3cccc(F)c23)ncc2c(NCCc3ccn[nH]3)nc(OCC34CCCN3CCC4)nc12. The zero-order chi connectivity index (χ0) is 27.1. The van der Waals surface area contributed by atoms with Gasteiger partial charge in [-0.2, -0.15) is 15.1 Å². The summed E-state index contributed by atoms with van der Waals surface area (Å²) < 4.78 is 37.4. The van der Waals surface area contributed by atoms with Gasteiger partial charge in [-0.05, 0) is 56.3 Å². The molecule has 0 aliphatic carbocycles. The van der Waals surface area contributed by atoms with Crippen molar-refractivity contribution >= 4 is 27.5 Å². The van der Waals surface area contributed by atoms with Gasteiger partial charge in [0.1, 0.15) is 29.5 Å². The molecule has 10 heteroatoms. The molecule has 204 valence electrons. The Labute approximate surface area is 229 Å². The van der Waals surface area contributed by atoms with Gasteiger partial charge in [0.25, 0.3) is 0 Å². The van der Waals surface area contributed by atoms with E-state index in [-0.39, 0.29) is 22.8 Å². The predicted octanol–water partition coefficient (Wildman–Crippen LogP) is 5.51. The summed E-state index contributed by atoms with van der Waals surface area (Å²) in [6.07, 6.45) is 8.36. The number of nitrogens with zero attached hydrogens (tertiary/aromatic N) is 5. The van der Waals surface area contributed by atoms with Gasteiger partial charge in [0, 0.05) is 42.0 Å². The molecule has 3 aromatic heterocycles. The molecule has 2 aliphatic rings. The molecule has 40 heavy (non-hydrogen) atoms. The van der Waals surface area contributed by atoms with Gasteiger partial charge in [-0.25, -0.2) is 8.78 Å². The van der Waals surface area contributed by atoms with Crippen molar-refractivity contribution < 1.29 is 13.5 Å². The molecule has 0 radical (unpaired) electrons. The molecule has 0 atom stereocenters. The lowest BCUT2D eigenvalue weighted by Crippen LogP contribution is -2.43. The van der Waals surface area contributed by atoms with Crippen LogP contribution in [-0.4, -0.2) is 61.8 Å². The third kappa shape index (κ3) is 4.32. The Kier molecular flexibility index (Phi) is 6.27. The van der Waals surface area contributed by atoms with Crippen molar-refractivity contribution in [2.24, 2.45) is 0 Å². The largest absolute Gasteiger partial charge is 0.461 e. The predicted molar refractivity (Wildman–Crippen MR) is 149 cm³/mol. The van der Waals surface area contributed by atoms with E-state index in [1.165, 1.54) is 6.07 Å². The normalized spacial score (nSPS) is 16.6. The van der Waals surface area contributed by atoms with Crippen LogP contribution in [0.1, 0.15) is 31.4 Å². The van der Waals surface area contributed by atoms with Crippen molar-refractivity contribution in [3.63, 3.8) is 0 Å². The summed E-state index contributed by atoms with van der Waals surface area (Å²) >= 11 is 0. The molecule has 5 aromatic rings. The Morgan fingerprint density at radius 2 is 1.85 bits per heavy atom. The van der Waals surface area contributed by atoms with Crippen LogP contribution in [0.4, 0.5) is 14.6 Å². The van der Waals surface area contributed by atoms with Crippen molar-refractivity contribution in [2.45, 2.75) is 37.6 Å². The van der Waals surface area contributed by atoms with Gasteiger partial charge in [-0.1, -0.05) is 30.3 Å². The van der Waals surface area contributed by atoms with Crippen LogP contribution in [-0.2, 0) is 6.42 Å². The summed E-state index contributed by atoms with van der Waals surface area (Å²) in [5.74, 6) is -0.633. The van der Waals surface area contributed by atoms with E-state index in [0.29, 0.717) is 47.1 Å². The molecule has 7 rings (SSSR count). The van der Waals surface area contributed by atoms with Gasteiger partial charge in [-0.15, -0.1) is 0 Å². The first-order chi connectivity index (χ1) is 19.6. The van der Waals surface area contributed by atoms with E-state index in [1.54, 1.807) is 42.7 Å². The Balaban J connectivity index is 1.29. The second-order valence-corrected chi connectivity index (χ2v) is 10.6. The van der Waals surface area contributed by atoms with Crippen molar-refractivity contribution in [1.82, 2.24) is 30.0 Å². The van der Waals surface area contributed by atoms with Crippen LogP contribution >= 0.6 is 0 Å². The monoisotopic (exact) mass is 541 g/mol. The molecule has 2 fully saturated rings. The molecule has 0 saturated carbocycles. The molecule has 0 spiro atoms. The Morgan fingerprint density at radius 3 is 2.65 bits per heavy atom. The van der Waals surface area contributed by atoms with Crippen LogP contribution in [0.5, 0.6) is 6.01 Å². The number of nitrogens with one attached hydrogen (secondary N) is 2. The van der Waals surface area contributed by atoms with Gasteiger partial charge in [-0.3, -0.25) is 15.0 Å². The molecule has 8 nitrogen and oxygen atoms in total. The minimum Gasteiger partial charge on any atom is -0.461 e. The van der Waals surface area contributed by atoms with Crippen LogP contribution in [0, 0.1) is 11.6 Å². The zero-order valence-corrected chi connectivity index (χ0v) is 22.0. The fourth-order valence-electron chi connectivity index (χ4n) is 6.32. The summed E-state index contributed by atoms with van der Waals surface area (Å²) in [5.41, 5.74) is 1.45. The summed E-state index contributed by atoms with van der Waals surface area (Å²) in [4.78, 5) is 16.1. The standard InChI is InChI=1S/C30H29F2N7O/c31-23-8-2-6-19-5-1-7-21(24(19)23)26-25(32)27-22(17-34-26)28(33-13-9-20-10-14-35-38-20)37-29(36-27)40-18-30-11-3-15-39(30)16-4-12-30/h1-2,5-8,10,14,17H,3-4,9,11-13,15-16,18H2,(H,35,38)(H,33,36,37). The number of aromatic nitrogens is 5. The smallest absolute Gasteiger partial charge is 0.319 e. The minimum atomic E-state index is -0.640. The third-order valence-electron chi connectivity index (χ3n) is 8.30. The first-order valence-electron chi connectivity index (χ1n) is 13.8. The van der Waals surface area contributed by atoms with E-state index in [2.05, 4.69) is 35.4 Å². The van der Waals surface area contributed by atoms with E-state index in [0.717, 1.165) is 44.5 Å². The third-order valence-corrected chi connectivity index (χ3v) is 8.30. The van der Waals surface area contributed by atoms with Crippen LogP contribution in [0.15, 0.2) is 54.9 Å². The number of hydrogen-bond acceptors (Lipinski definition) is 7. The maximum absolute atomic E-state index is 16.3. The molecule has 0 amide bonds. The lowest BCUT2D eigenvalue weighted by atomic mass is 9.95. The highest BCUT2D eigenvalue weighted by Gasteiger charge is 2.45. The summed E-state index contributed by atoms with van der Waals surface area (Å²) in [5, 5.41) is 11.7. The molecule has 2 N–H and O–H groups in total. The number of ether oxygens (including phenoxy) is 1. The van der Waals surface area contributed by atoms with Crippen molar-refractivity contribution in [2.75, 3.05) is 31.6 Å². The number of hydrogen-bond donors (Lipinski definition) is 2. The van der Waals surface area contributed by atoms with Crippen molar-refractivity contribution in [1.29, 1.82) is 0 Å². The maximum Gasteiger partial charge on any atom is 0.319 e. The molecule has 2 aliphatic heterocycles. The Bertz CT molecular complexity index is 1680. The van der Waals surface area contributed by atoms with E-state index < -0.39 is 11.6 Å². The zero-order valence-electron chi connectivity index (χ0n) is 22.0. The fraction of sp³-hybridized carbons (Fsp3) is 0.333. The molecule has 5 heterocycles. The Hall–Kier alpha value is -4.18. The number of aromatic amines is 1. The van der Waals surface area contributed by atoms with E-state index in [1.807, 2.05) is 6.07 Å². The number of benzene rings is 2. The van der Waals surface area contributed by atoms with E-state index in [9.17, 15) is 4.39 Å².